The first-order chi connectivity index (χ1) is 17.8. The molecule has 9 heteroatoms. The van der Waals surface area contributed by atoms with Gasteiger partial charge in [0.15, 0.2) is 0 Å². The Morgan fingerprint density at radius 2 is 1.73 bits per heavy atom. The van der Waals surface area contributed by atoms with E-state index < -0.39 is 0 Å². The number of hydrogen-bond donors (Lipinski definition) is 5. The minimum absolute atomic E-state index is 0.0508. The van der Waals surface area contributed by atoms with E-state index in [-0.39, 0.29) is 18.4 Å². The summed E-state index contributed by atoms with van der Waals surface area (Å²) in [5.41, 5.74) is 7.91. The first-order valence-corrected chi connectivity index (χ1v) is 12.5. The van der Waals surface area contributed by atoms with Crippen LogP contribution in [-0.2, 0) is 20.8 Å². The fourth-order valence-electron chi connectivity index (χ4n) is 3.41. The van der Waals surface area contributed by atoms with E-state index in [0.29, 0.717) is 12.8 Å². The lowest BCUT2D eigenvalue weighted by molar-refractivity contribution is -0.123. The lowest BCUT2D eigenvalue weighted by atomic mass is 10.1. The molecule has 0 saturated carbocycles. The molecule has 1 fully saturated rings. The maximum Gasteiger partial charge on any atom is 0.290 e. The Morgan fingerprint density at radius 3 is 2.22 bits per heavy atom. The number of hydrogen-bond acceptors (Lipinski definition) is 6. The molecule has 1 atom stereocenters. The van der Waals surface area contributed by atoms with Crippen LogP contribution in [0.4, 0.5) is 5.69 Å². The van der Waals surface area contributed by atoms with Crippen molar-refractivity contribution in [2.24, 2.45) is 5.73 Å². The number of likely N-dealkylation sites (tertiary alicyclic amines) is 1. The monoisotopic (exact) mass is 517 g/mol. The Bertz CT molecular complexity index is 769. The molecule has 2 amide bonds. The number of benzene rings is 1. The van der Waals surface area contributed by atoms with E-state index in [4.69, 9.17) is 9.90 Å². The summed E-state index contributed by atoms with van der Waals surface area (Å²) < 4.78 is 0. The molecule has 208 valence electrons. The van der Waals surface area contributed by atoms with Crippen LogP contribution >= 0.6 is 0 Å². The molecule has 0 aromatic heterocycles. The van der Waals surface area contributed by atoms with E-state index in [2.05, 4.69) is 52.7 Å². The molecule has 1 aromatic carbocycles. The molecule has 1 heterocycles. The SMILES string of the molecule is C=C/C=C(\C)N1CCCC1.C=CN.CNCCCCC(=O)Nc1ccc(CC(C)NC=O)cc1.O=CO. The predicted octanol–water partition coefficient (Wildman–Crippen LogP) is 3.65. The lowest BCUT2D eigenvalue weighted by Crippen LogP contribution is -2.26. The van der Waals surface area contributed by atoms with E-state index in [1.165, 1.54) is 37.8 Å². The summed E-state index contributed by atoms with van der Waals surface area (Å²) in [5.74, 6) is 0.0508. The third-order valence-corrected chi connectivity index (χ3v) is 5.18. The molecule has 0 radical (unpaired) electrons. The topological polar surface area (TPSA) is 137 Å². The van der Waals surface area contributed by atoms with Gasteiger partial charge in [0.1, 0.15) is 0 Å². The van der Waals surface area contributed by atoms with Gasteiger partial charge in [-0.25, -0.2) is 0 Å². The quantitative estimate of drug-likeness (QED) is 0.162. The molecule has 0 bridgehead atoms. The molecular formula is C28H47N5O4. The zero-order valence-corrected chi connectivity index (χ0v) is 22.7. The van der Waals surface area contributed by atoms with Crippen LogP contribution in [0, 0.1) is 0 Å². The fraction of sp³-hybridized carbons (Fsp3) is 0.464. The second-order valence-electron chi connectivity index (χ2n) is 8.27. The number of nitrogens with zero attached hydrogens (tertiary/aromatic N) is 1. The highest BCUT2D eigenvalue weighted by molar-refractivity contribution is 5.90. The van der Waals surface area contributed by atoms with Crippen LogP contribution in [0.3, 0.4) is 0 Å². The molecule has 6 N–H and O–H groups in total. The Morgan fingerprint density at radius 1 is 1.16 bits per heavy atom. The number of nitrogens with two attached hydrogens (primary N) is 1. The highest BCUT2D eigenvalue weighted by Gasteiger charge is 2.10. The number of allylic oxidation sites excluding steroid dienone is 3. The second kappa shape index (κ2) is 25.5. The predicted molar refractivity (Wildman–Crippen MR) is 153 cm³/mol. The third-order valence-electron chi connectivity index (χ3n) is 5.18. The molecule has 1 aliphatic heterocycles. The smallest absolute Gasteiger partial charge is 0.290 e. The van der Waals surface area contributed by atoms with Crippen LogP contribution in [0.2, 0.25) is 0 Å². The van der Waals surface area contributed by atoms with E-state index >= 15 is 0 Å². The third kappa shape index (κ3) is 21.4. The largest absolute Gasteiger partial charge is 0.483 e. The number of carboxylic acid groups (broad SMARTS) is 1. The molecule has 37 heavy (non-hydrogen) atoms. The molecule has 1 saturated heterocycles. The zero-order chi connectivity index (χ0) is 28.3. The van der Waals surface area contributed by atoms with Crippen LogP contribution in [0.1, 0.15) is 51.5 Å². The Kier molecular flexibility index (Phi) is 24.5. The van der Waals surface area contributed by atoms with Gasteiger partial charge in [-0.1, -0.05) is 31.4 Å². The summed E-state index contributed by atoms with van der Waals surface area (Å²) in [5, 5.41) is 15.6. The van der Waals surface area contributed by atoms with Gasteiger partial charge in [-0.2, -0.15) is 0 Å². The number of carbonyl (C=O) groups excluding carboxylic acids is 2. The van der Waals surface area contributed by atoms with Crippen molar-refractivity contribution in [3.8, 4) is 0 Å². The molecule has 0 aliphatic carbocycles. The van der Waals surface area contributed by atoms with Crippen LogP contribution in [0.15, 0.2) is 61.5 Å². The summed E-state index contributed by atoms with van der Waals surface area (Å²) in [6.07, 6.45) is 11.8. The van der Waals surface area contributed by atoms with Crippen molar-refractivity contribution in [1.82, 2.24) is 15.5 Å². The fourth-order valence-corrected chi connectivity index (χ4v) is 3.41. The van der Waals surface area contributed by atoms with Gasteiger partial charge in [0.25, 0.3) is 6.47 Å². The number of unbranched alkanes of at least 4 members (excludes halogenated alkanes) is 1. The van der Waals surface area contributed by atoms with Crippen LogP contribution < -0.4 is 21.7 Å². The van der Waals surface area contributed by atoms with Gasteiger partial charge in [0.2, 0.25) is 12.3 Å². The Balaban J connectivity index is 0. The van der Waals surface area contributed by atoms with E-state index in [1.807, 2.05) is 44.3 Å². The van der Waals surface area contributed by atoms with Crippen LogP contribution in [0.25, 0.3) is 0 Å². The van der Waals surface area contributed by atoms with E-state index in [0.717, 1.165) is 37.1 Å². The minimum Gasteiger partial charge on any atom is -0.483 e. The van der Waals surface area contributed by atoms with Crippen molar-refractivity contribution < 1.29 is 19.5 Å². The number of rotatable bonds is 12. The molecule has 1 aromatic rings. The van der Waals surface area contributed by atoms with Gasteiger partial charge in [-0.3, -0.25) is 14.4 Å². The molecule has 2 rings (SSSR count). The average Bonchev–Trinajstić information content (AvgIpc) is 3.40. The summed E-state index contributed by atoms with van der Waals surface area (Å²) in [6.45, 7) is 14.1. The zero-order valence-electron chi connectivity index (χ0n) is 22.7. The normalized spacial score (nSPS) is 12.6. The summed E-state index contributed by atoms with van der Waals surface area (Å²) in [6, 6.07) is 7.84. The lowest BCUT2D eigenvalue weighted by Gasteiger charge is -2.16. The first kappa shape index (κ1) is 35.6. The molecule has 0 spiro atoms. The molecule has 9 nitrogen and oxygen atoms in total. The Hall–Kier alpha value is -3.59. The summed E-state index contributed by atoms with van der Waals surface area (Å²) >= 11 is 0. The highest BCUT2D eigenvalue weighted by Crippen LogP contribution is 2.13. The van der Waals surface area contributed by atoms with Crippen molar-refractivity contribution in [2.45, 2.75) is 58.4 Å². The van der Waals surface area contributed by atoms with Crippen molar-refractivity contribution in [3.63, 3.8) is 0 Å². The van der Waals surface area contributed by atoms with Gasteiger partial charge in [0.05, 0.1) is 0 Å². The highest BCUT2D eigenvalue weighted by atomic mass is 16.3. The van der Waals surface area contributed by atoms with Gasteiger partial charge < -0.3 is 31.7 Å². The molecule has 1 aliphatic rings. The number of nitrogens with one attached hydrogen (secondary N) is 3. The van der Waals surface area contributed by atoms with E-state index in [1.54, 1.807) is 0 Å². The molecule has 1 unspecified atom stereocenters. The summed E-state index contributed by atoms with van der Waals surface area (Å²) in [4.78, 5) is 32.9. The van der Waals surface area contributed by atoms with Crippen molar-refractivity contribution in [1.29, 1.82) is 0 Å². The van der Waals surface area contributed by atoms with Crippen molar-refractivity contribution in [2.75, 3.05) is 32.0 Å². The Labute approximate surface area is 222 Å². The molecular weight excluding hydrogens is 470 g/mol. The first-order valence-electron chi connectivity index (χ1n) is 12.5. The average molecular weight is 518 g/mol. The van der Waals surface area contributed by atoms with Gasteiger partial charge in [-0.05, 0) is 89.5 Å². The minimum atomic E-state index is -0.250. The van der Waals surface area contributed by atoms with Crippen LogP contribution in [0.5, 0.6) is 0 Å². The van der Waals surface area contributed by atoms with Gasteiger partial charge >= 0.3 is 0 Å². The standard InChI is InChI=1S/C16H25N3O2.C9H15N.C2H5N.CH2O2/c1-13(18-12-20)11-14-6-8-15(9-7-14)19-16(21)5-3-4-10-17-2;1-3-6-9(2)10-7-4-5-8-10;1-2-3;2-1-3/h6-9,12-13,17H,3-5,10-11H2,1-2H3,(H,18,20)(H,19,21);3,6H,1,4-5,7-8H2,2H3;2H,1,3H2;1H,(H,2,3)/b;9-6+;;. The van der Waals surface area contributed by atoms with Crippen LogP contribution in [-0.4, -0.2) is 61.5 Å². The van der Waals surface area contributed by atoms with E-state index in [9.17, 15) is 9.59 Å². The number of amides is 2. The number of anilines is 1. The second-order valence-corrected chi connectivity index (χ2v) is 8.27. The van der Waals surface area contributed by atoms with Gasteiger partial charge in [0, 0.05) is 36.9 Å². The maximum absolute atomic E-state index is 11.7. The maximum atomic E-state index is 11.7. The summed E-state index contributed by atoms with van der Waals surface area (Å²) in [7, 11) is 1.91. The van der Waals surface area contributed by atoms with Crippen molar-refractivity contribution >= 4 is 24.5 Å². The van der Waals surface area contributed by atoms with Crippen molar-refractivity contribution in [3.05, 3.63) is 67.0 Å². The van der Waals surface area contributed by atoms with Gasteiger partial charge in [-0.15, -0.1) is 0 Å². The number of carbonyl (C=O) groups is 3.